The van der Waals surface area contributed by atoms with E-state index in [-0.39, 0.29) is 5.91 Å². The van der Waals surface area contributed by atoms with Crippen LogP contribution in [0.25, 0.3) is 22.5 Å². The molecule has 4 heterocycles. The van der Waals surface area contributed by atoms with Crippen molar-refractivity contribution < 1.29 is 14.3 Å². The van der Waals surface area contributed by atoms with Crippen LogP contribution in [0.1, 0.15) is 18.1 Å². The summed E-state index contributed by atoms with van der Waals surface area (Å²) in [6, 6.07) is 36.5. The lowest BCUT2D eigenvalue weighted by Crippen LogP contribution is -2.36. The van der Waals surface area contributed by atoms with Gasteiger partial charge in [-0.2, -0.15) is 0 Å². The highest BCUT2D eigenvalue weighted by molar-refractivity contribution is 5.73. The van der Waals surface area contributed by atoms with Gasteiger partial charge in [0.2, 0.25) is 17.8 Å². The van der Waals surface area contributed by atoms with E-state index in [1.165, 1.54) is 18.3 Å². The van der Waals surface area contributed by atoms with Gasteiger partial charge in [-0.05, 0) is 71.8 Å². The van der Waals surface area contributed by atoms with Crippen LogP contribution >= 0.6 is 0 Å². The molecule has 5 N–H and O–H groups in total. The predicted octanol–water partition coefficient (Wildman–Crippen LogP) is 6.54. The molecule has 57 heavy (non-hydrogen) atoms. The number of benzene rings is 4. The van der Waals surface area contributed by atoms with Gasteiger partial charge in [0.1, 0.15) is 0 Å². The van der Waals surface area contributed by atoms with Gasteiger partial charge in [0.25, 0.3) is 0 Å². The molecule has 0 bridgehead atoms. The van der Waals surface area contributed by atoms with Gasteiger partial charge in [0, 0.05) is 92.5 Å². The Hall–Kier alpha value is -6.41. The van der Waals surface area contributed by atoms with Gasteiger partial charge in [0.15, 0.2) is 0 Å². The van der Waals surface area contributed by atoms with E-state index in [9.17, 15) is 4.79 Å². The third-order valence-corrected chi connectivity index (χ3v) is 9.59. The maximum absolute atomic E-state index is 11.0. The number of rotatable bonds is 11. The van der Waals surface area contributed by atoms with Crippen molar-refractivity contribution in [3.8, 4) is 22.5 Å². The summed E-state index contributed by atoms with van der Waals surface area (Å²) in [7, 11) is 0. The highest BCUT2D eigenvalue weighted by Gasteiger charge is 2.13. The molecule has 8 rings (SSSR count). The fourth-order valence-corrected chi connectivity index (χ4v) is 6.40. The van der Waals surface area contributed by atoms with Crippen LogP contribution in [0, 0.1) is 0 Å². The van der Waals surface area contributed by atoms with Gasteiger partial charge in [-0.3, -0.25) is 4.79 Å². The summed E-state index contributed by atoms with van der Waals surface area (Å²) in [4.78, 5) is 33.6. The molecule has 6 aromatic rings. The van der Waals surface area contributed by atoms with Crippen LogP contribution in [-0.4, -0.2) is 78.4 Å². The number of amides is 1. The monoisotopic (exact) mass is 764 g/mol. The van der Waals surface area contributed by atoms with Crippen molar-refractivity contribution in [2.24, 2.45) is 5.73 Å². The van der Waals surface area contributed by atoms with Crippen LogP contribution in [-0.2, 0) is 27.4 Å². The lowest BCUT2D eigenvalue weighted by molar-refractivity contribution is -0.119. The number of carbonyl (C=O) groups excluding carboxylic acids is 1. The van der Waals surface area contributed by atoms with Crippen LogP contribution in [0.15, 0.2) is 122 Å². The molecule has 2 aliphatic heterocycles. The minimum atomic E-state index is -0.0384. The van der Waals surface area contributed by atoms with Crippen molar-refractivity contribution in [2.75, 3.05) is 73.0 Å². The number of nitrogens with one attached hydrogen (secondary N) is 3. The molecule has 0 unspecified atom stereocenters. The third-order valence-electron chi connectivity index (χ3n) is 9.59. The summed E-state index contributed by atoms with van der Waals surface area (Å²) in [6.45, 7) is 9.39. The standard InChI is InChI=1S/C23H25N5O2.C21H23N5O/c1-17(29)25-16-18-2-4-19(5-3-18)22-10-11-24-23(27-22)26-20-6-8-21(9-7-20)28-12-14-30-15-13-28;22-15-16-1-3-17(4-2-16)20-9-10-23-21(25-20)24-18-5-7-19(8-6-18)26-11-13-27-14-12-26/h2-11H,12-16H2,1H3,(H,25,29)(H,24,26,27);1-10H,11-15,22H2,(H,23,24,25). The predicted molar refractivity (Wildman–Crippen MR) is 226 cm³/mol. The van der Waals surface area contributed by atoms with Crippen molar-refractivity contribution >= 4 is 40.6 Å². The average molecular weight is 765 g/mol. The summed E-state index contributed by atoms with van der Waals surface area (Å²) in [5.74, 6) is 1.09. The SMILES string of the molecule is CC(=O)NCc1ccc(-c2ccnc(Nc3ccc(N4CCOCC4)cc3)n2)cc1.NCc1ccc(-c2ccnc(Nc3ccc(N4CCOCC4)cc3)n2)cc1. The first kappa shape index (κ1) is 38.8. The maximum Gasteiger partial charge on any atom is 0.227 e. The van der Waals surface area contributed by atoms with E-state index in [4.69, 9.17) is 15.2 Å². The second kappa shape index (κ2) is 19.4. The second-order valence-corrected chi connectivity index (χ2v) is 13.6. The first-order valence-electron chi connectivity index (χ1n) is 19.2. The Kier molecular flexibility index (Phi) is 13.3. The summed E-state index contributed by atoms with van der Waals surface area (Å²) in [5.41, 5.74) is 15.9. The van der Waals surface area contributed by atoms with Gasteiger partial charge in [-0.1, -0.05) is 48.5 Å². The topological polar surface area (TPSA) is 156 Å². The molecule has 0 saturated carbocycles. The first-order chi connectivity index (χ1) is 28.0. The number of nitrogens with zero attached hydrogens (tertiary/aromatic N) is 6. The molecular weight excluding hydrogens is 717 g/mol. The van der Waals surface area contributed by atoms with E-state index in [0.717, 1.165) is 97.6 Å². The molecule has 4 aromatic carbocycles. The molecule has 13 heteroatoms. The van der Waals surface area contributed by atoms with E-state index in [1.807, 2.05) is 72.8 Å². The van der Waals surface area contributed by atoms with Crippen molar-refractivity contribution in [3.63, 3.8) is 0 Å². The molecule has 2 aromatic heterocycles. The Balaban J connectivity index is 0.000000175. The quantitative estimate of drug-likeness (QED) is 0.113. The lowest BCUT2D eigenvalue weighted by Gasteiger charge is -2.28. The molecule has 0 radical (unpaired) electrons. The maximum atomic E-state index is 11.0. The van der Waals surface area contributed by atoms with E-state index in [0.29, 0.717) is 25.0 Å². The van der Waals surface area contributed by atoms with E-state index >= 15 is 0 Å². The van der Waals surface area contributed by atoms with Gasteiger partial charge in [0.05, 0.1) is 37.8 Å². The summed E-state index contributed by atoms with van der Waals surface area (Å²) < 4.78 is 10.8. The summed E-state index contributed by atoms with van der Waals surface area (Å²) in [6.07, 6.45) is 3.52. The molecule has 292 valence electrons. The van der Waals surface area contributed by atoms with Crippen LogP contribution in [0.4, 0.5) is 34.6 Å². The van der Waals surface area contributed by atoms with Crippen LogP contribution < -0.4 is 31.5 Å². The van der Waals surface area contributed by atoms with Crippen molar-refractivity contribution in [3.05, 3.63) is 133 Å². The molecule has 2 saturated heterocycles. The molecule has 0 atom stereocenters. The molecule has 1 amide bonds. The Labute approximate surface area is 333 Å². The van der Waals surface area contributed by atoms with Crippen LogP contribution in [0.5, 0.6) is 0 Å². The average Bonchev–Trinajstić information content (AvgIpc) is 3.27. The Morgan fingerprint density at radius 2 is 1.02 bits per heavy atom. The van der Waals surface area contributed by atoms with Crippen molar-refractivity contribution in [1.82, 2.24) is 25.3 Å². The smallest absolute Gasteiger partial charge is 0.227 e. The van der Waals surface area contributed by atoms with Crippen LogP contribution in [0.3, 0.4) is 0 Å². The van der Waals surface area contributed by atoms with E-state index in [2.05, 4.69) is 82.1 Å². The van der Waals surface area contributed by atoms with E-state index in [1.54, 1.807) is 12.4 Å². The zero-order chi connectivity index (χ0) is 39.2. The van der Waals surface area contributed by atoms with Crippen molar-refractivity contribution in [1.29, 1.82) is 0 Å². The summed E-state index contributed by atoms with van der Waals surface area (Å²) >= 11 is 0. The number of anilines is 6. The lowest BCUT2D eigenvalue weighted by atomic mass is 10.1. The first-order valence-corrected chi connectivity index (χ1v) is 19.2. The molecular formula is C44H48N10O3. The van der Waals surface area contributed by atoms with Gasteiger partial charge in [-0.15, -0.1) is 0 Å². The number of ether oxygens (including phenoxy) is 2. The minimum absolute atomic E-state index is 0.0384. The number of hydrogen-bond acceptors (Lipinski definition) is 12. The normalized spacial score (nSPS) is 13.9. The number of aromatic nitrogens is 4. The zero-order valence-electron chi connectivity index (χ0n) is 32.1. The number of carbonyl (C=O) groups is 1. The van der Waals surface area contributed by atoms with E-state index < -0.39 is 0 Å². The fourth-order valence-electron chi connectivity index (χ4n) is 6.40. The van der Waals surface area contributed by atoms with Gasteiger partial charge >= 0.3 is 0 Å². The van der Waals surface area contributed by atoms with Gasteiger partial charge in [-0.25, -0.2) is 19.9 Å². The number of nitrogens with two attached hydrogens (primary N) is 1. The number of hydrogen-bond donors (Lipinski definition) is 4. The molecule has 2 fully saturated rings. The van der Waals surface area contributed by atoms with Gasteiger partial charge < -0.3 is 41.0 Å². The highest BCUT2D eigenvalue weighted by atomic mass is 16.5. The summed E-state index contributed by atoms with van der Waals surface area (Å²) in [5, 5.41) is 9.36. The Morgan fingerprint density at radius 3 is 1.42 bits per heavy atom. The second-order valence-electron chi connectivity index (χ2n) is 13.6. The van der Waals surface area contributed by atoms with Crippen molar-refractivity contribution in [2.45, 2.75) is 20.0 Å². The molecule has 13 nitrogen and oxygen atoms in total. The highest BCUT2D eigenvalue weighted by Crippen LogP contribution is 2.25. The molecule has 0 spiro atoms. The zero-order valence-corrected chi connectivity index (χ0v) is 32.1. The Morgan fingerprint density at radius 1 is 0.596 bits per heavy atom. The largest absolute Gasteiger partial charge is 0.378 e. The molecule has 0 aliphatic carbocycles. The van der Waals surface area contributed by atoms with Crippen LogP contribution in [0.2, 0.25) is 0 Å². The Bertz CT molecular complexity index is 2170. The third kappa shape index (κ3) is 11.1. The fraction of sp³-hybridized carbons (Fsp3) is 0.250. The molecule has 2 aliphatic rings. The minimum Gasteiger partial charge on any atom is -0.378 e. The number of morpholine rings is 2.